The summed E-state index contributed by atoms with van der Waals surface area (Å²) in [5.41, 5.74) is 0.714. The van der Waals surface area contributed by atoms with Crippen molar-refractivity contribution in [2.75, 3.05) is 33.3 Å². The Morgan fingerprint density at radius 3 is 2.41 bits per heavy atom. The number of rotatable bonds is 5. The quantitative estimate of drug-likeness (QED) is 0.874. The second-order valence-electron chi connectivity index (χ2n) is 5.79. The first-order valence-electron chi connectivity index (χ1n) is 7.40. The number of nitrogens with one attached hydrogen (secondary N) is 1. The molecule has 0 aliphatic carbocycles. The van der Waals surface area contributed by atoms with Crippen LogP contribution in [0.4, 0.5) is 4.39 Å². The number of ether oxygens (including phenoxy) is 1. The minimum atomic E-state index is -0.159. The van der Waals surface area contributed by atoms with Gasteiger partial charge in [0.15, 0.2) is 0 Å². The van der Waals surface area contributed by atoms with Gasteiger partial charge in [-0.05, 0) is 24.5 Å². The molecule has 1 aromatic rings. The lowest BCUT2D eigenvalue weighted by atomic mass is 9.94. The number of benzene rings is 1. The Morgan fingerprint density at radius 2 is 1.86 bits per heavy atom. The van der Waals surface area contributed by atoms with Gasteiger partial charge in [-0.2, -0.15) is 0 Å². The standard InChI is InChI=1S/C16H25FN2O.2ClH/c1-12(2)11-14(19-9-7-18-8-10-19)16-13(17)5-4-6-15(16)20-3;;/h4-6,12,14,18H,7-11H2,1-3H3;2*1H/t14-;;/m1../s1. The molecule has 0 unspecified atom stereocenters. The minimum absolute atomic E-state index is 0. The average molecular weight is 353 g/mol. The zero-order valence-electron chi connectivity index (χ0n) is 13.5. The maximum Gasteiger partial charge on any atom is 0.131 e. The zero-order chi connectivity index (χ0) is 14.5. The first kappa shape index (κ1) is 21.4. The van der Waals surface area contributed by atoms with Crippen molar-refractivity contribution >= 4 is 24.8 Å². The summed E-state index contributed by atoms with van der Waals surface area (Å²) >= 11 is 0. The van der Waals surface area contributed by atoms with Gasteiger partial charge in [0.05, 0.1) is 7.11 Å². The fourth-order valence-electron chi connectivity index (χ4n) is 2.91. The van der Waals surface area contributed by atoms with Crippen LogP contribution in [0.3, 0.4) is 0 Å². The van der Waals surface area contributed by atoms with Gasteiger partial charge in [0.2, 0.25) is 0 Å². The molecule has 2 rings (SSSR count). The van der Waals surface area contributed by atoms with Crippen LogP contribution in [0.1, 0.15) is 31.9 Å². The van der Waals surface area contributed by atoms with Crippen molar-refractivity contribution in [1.29, 1.82) is 0 Å². The molecule has 0 saturated carbocycles. The number of nitrogens with zero attached hydrogens (tertiary/aromatic N) is 1. The molecule has 128 valence electrons. The normalized spacial score (nSPS) is 16.6. The monoisotopic (exact) mass is 352 g/mol. The highest BCUT2D eigenvalue weighted by Crippen LogP contribution is 2.36. The molecule has 1 N–H and O–H groups in total. The zero-order valence-corrected chi connectivity index (χ0v) is 15.1. The average Bonchev–Trinajstić information content (AvgIpc) is 2.45. The van der Waals surface area contributed by atoms with Crippen molar-refractivity contribution in [3.63, 3.8) is 0 Å². The summed E-state index contributed by atoms with van der Waals surface area (Å²) in [6.07, 6.45) is 0.942. The summed E-state index contributed by atoms with van der Waals surface area (Å²) in [5.74, 6) is 1.02. The van der Waals surface area contributed by atoms with Gasteiger partial charge in [0.1, 0.15) is 11.6 Å². The second kappa shape index (κ2) is 10.3. The molecule has 1 heterocycles. The second-order valence-corrected chi connectivity index (χ2v) is 5.79. The van der Waals surface area contributed by atoms with E-state index < -0.39 is 0 Å². The molecular formula is C16H27Cl2FN2O. The molecule has 1 fully saturated rings. The summed E-state index contributed by atoms with van der Waals surface area (Å²) in [7, 11) is 1.61. The lowest BCUT2D eigenvalue weighted by molar-refractivity contribution is 0.148. The largest absolute Gasteiger partial charge is 0.496 e. The van der Waals surface area contributed by atoms with Crippen LogP contribution < -0.4 is 10.1 Å². The third-order valence-corrected chi connectivity index (χ3v) is 3.85. The van der Waals surface area contributed by atoms with E-state index in [0.717, 1.165) is 32.6 Å². The van der Waals surface area contributed by atoms with Gasteiger partial charge >= 0.3 is 0 Å². The molecule has 1 aliphatic heterocycles. The molecule has 0 aromatic heterocycles. The Balaban J connectivity index is 0.00000220. The van der Waals surface area contributed by atoms with Gasteiger partial charge in [-0.1, -0.05) is 19.9 Å². The maximum atomic E-state index is 14.4. The van der Waals surface area contributed by atoms with E-state index in [0.29, 0.717) is 17.2 Å². The van der Waals surface area contributed by atoms with E-state index in [2.05, 4.69) is 24.1 Å². The molecule has 1 atom stereocenters. The molecule has 0 bridgehead atoms. The Bertz CT molecular complexity index is 440. The number of hydrogen-bond acceptors (Lipinski definition) is 3. The van der Waals surface area contributed by atoms with Crippen molar-refractivity contribution in [3.05, 3.63) is 29.6 Å². The van der Waals surface area contributed by atoms with E-state index in [1.54, 1.807) is 13.2 Å². The van der Waals surface area contributed by atoms with Crippen LogP contribution in [0.2, 0.25) is 0 Å². The fourth-order valence-corrected chi connectivity index (χ4v) is 2.91. The van der Waals surface area contributed by atoms with E-state index >= 15 is 0 Å². The van der Waals surface area contributed by atoms with E-state index in [4.69, 9.17) is 4.74 Å². The third kappa shape index (κ3) is 5.27. The van der Waals surface area contributed by atoms with Gasteiger partial charge in [0, 0.05) is 37.8 Å². The lowest BCUT2D eigenvalue weighted by Crippen LogP contribution is -2.45. The highest BCUT2D eigenvalue weighted by atomic mass is 35.5. The highest BCUT2D eigenvalue weighted by molar-refractivity contribution is 5.85. The van der Waals surface area contributed by atoms with Crippen LogP contribution in [-0.2, 0) is 0 Å². The number of halogens is 3. The molecule has 0 spiro atoms. The Morgan fingerprint density at radius 1 is 1.23 bits per heavy atom. The SMILES string of the molecule is COc1cccc(F)c1[C@@H](CC(C)C)N1CCNCC1.Cl.Cl. The number of piperazine rings is 1. The van der Waals surface area contributed by atoms with Crippen molar-refractivity contribution in [2.24, 2.45) is 5.92 Å². The van der Waals surface area contributed by atoms with E-state index in [1.807, 2.05) is 6.07 Å². The van der Waals surface area contributed by atoms with E-state index in [-0.39, 0.29) is 36.7 Å². The van der Waals surface area contributed by atoms with Gasteiger partial charge < -0.3 is 10.1 Å². The van der Waals surface area contributed by atoms with Crippen molar-refractivity contribution in [3.8, 4) is 5.75 Å². The molecule has 1 aromatic carbocycles. The predicted octanol–water partition coefficient (Wildman–Crippen LogP) is 3.67. The highest BCUT2D eigenvalue weighted by Gasteiger charge is 2.28. The summed E-state index contributed by atoms with van der Waals surface area (Å²) < 4.78 is 19.8. The van der Waals surface area contributed by atoms with Crippen LogP contribution >= 0.6 is 24.8 Å². The molecule has 1 saturated heterocycles. The smallest absolute Gasteiger partial charge is 0.131 e. The Labute approximate surface area is 145 Å². The molecule has 0 amide bonds. The summed E-state index contributed by atoms with van der Waals surface area (Å²) in [5, 5.41) is 3.35. The van der Waals surface area contributed by atoms with Gasteiger partial charge in [-0.15, -0.1) is 24.8 Å². The third-order valence-electron chi connectivity index (χ3n) is 3.85. The molecule has 6 heteroatoms. The van der Waals surface area contributed by atoms with Gasteiger partial charge in [-0.25, -0.2) is 4.39 Å². The van der Waals surface area contributed by atoms with Crippen molar-refractivity contribution in [2.45, 2.75) is 26.3 Å². The van der Waals surface area contributed by atoms with Crippen LogP contribution in [0.15, 0.2) is 18.2 Å². The number of hydrogen-bond donors (Lipinski definition) is 1. The lowest BCUT2D eigenvalue weighted by Gasteiger charge is -2.36. The molecule has 1 aliphatic rings. The Hall–Kier alpha value is -0.550. The molecule has 0 radical (unpaired) electrons. The van der Waals surface area contributed by atoms with Gasteiger partial charge in [-0.3, -0.25) is 4.90 Å². The van der Waals surface area contributed by atoms with Crippen molar-refractivity contribution in [1.82, 2.24) is 10.2 Å². The predicted molar refractivity (Wildman–Crippen MR) is 94.1 cm³/mol. The maximum absolute atomic E-state index is 14.4. The molecular weight excluding hydrogens is 326 g/mol. The molecule has 3 nitrogen and oxygen atoms in total. The van der Waals surface area contributed by atoms with Crippen molar-refractivity contribution < 1.29 is 9.13 Å². The van der Waals surface area contributed by atoms with Crippen LogP contribution in [0, 0.1) is 11.7 Å². The van der Waals surface area contributed by atoms with E-state index in [1.165, 1.54) is 6.07 Å². The summed E-state index contributed by atoms with van der Waals surface area (Å²) in [6, 6.07) is 5.19. The van der Waals surface area contributed by atoms with Gasteiger partial charge in [0.25, 0.3) is 0 Å². The van der Waals surface area contributed by atoms with Crippen LogP contribution in [0.5, 0.6) is 5.75 Å². The molecule has 22 heavy (non-hydrogen) atoms. The van der Waals surface area contributed by atoms with Crippen LogP contribution in [-0.4, -0.2) is 38.2 Å². The summed E-state index contributed by atoms with van der Waals surface area (Å²) in [4.78, 5) is 2.37. The van der Waals surface area contributed by atoms with Crippen LogP contribution in [0.25, 0.3) is 0 Å². The first-order valence-corrected chi connectivity index (χ1v) is 7.40. The minimum Gasteiger partial charge on any atom is -0.496 e. The number of methoxy groups -OCH3 is 1. The first-order chi connectivity index (χ1) is 9.63. The topological polar surface area (TPSA) is 24.5 Å². The fraction of sp³-hybridized carbons (Fsp3) is 0.625. The van der Waals surface area contributed by atoms with E-state index in [9.17, 15) is 4.39 Å². The Kier molecular flexibility index (Phi) is 10.0. The summed E-state index contributed by atoms with van der Waals surface area (Å²) in [6.45, 7) is 8.20.